The first-order valence-electron chi connectivity index (χ1n) is 15.9. The summed E-state index contributed by atoms with van der Waals surface area (Å²) in [7, 11) is 0.432. The Morgan fingerprint density at radius 1 is 0.707 bits per heavy atom. The van der Waals surface area contributed by atoms with E-state index in [1.807, 2.05) is 0 Å². The topological polar surface area (TPSA) is 351 Å². The molecule has 0 aromatic heterocycles. The first-order valence-corrected chi connectivity index (χ1v) is 15.9. The summed E-state index contributed by atoms with van der Waals surface area (Å²) in [5.41, 5.74) is -13.3. The number of phenolic OH excluding ortho intramolecular Hbond substituents is 6. The van der Waals surface area contributed by atoms with Crippen LogP contribution in [-0.2, 0) is 22.9 Å². The van der Waals surface area contributed by atoms with Gasteiger partial charge in [0.2, 0.25) is 11.7 Å². The lowest BCUT2D eigenvalue weighted by atomic mass is 9.85. The van der Waals surface area contributed by atoms with Crippen LogP contribution in [-0.4, -0.2) is 151 Å². The van der Waals surface area contributed by atoms with Crippen molar-refractivity contribution in [1.82, 2.24) is 19.6 Å². The molecular weight excluding hydrogens is 821 g/mol. The summed E-state index contributed by atoms with van der Waals surface area (Å²) in [6.45, 7) is 0.292. The molecule has 0 aliphatic carbocycles. The van der Waals surface area contributed by atoms with Gasteiger partial charge in [0.05, 0.1) is 11.6 Å². The Hall–Kier alpha value is -4.91. The number of aliphatic hydroxyl groups is 9. The molecule has 0 spiro atoms. The molecule has 3 unspecified atom stereocenters. The minimum atomic E-state index is -6.04. The van der Waals surface area contributed by atoms with Gasteiger partial charge in [0.25, 0.3) is 0 Å². The second-order valence-corrected chi connectivity index (χ2v) is 13.6. The van der Waals surface area contributed by atoms with Crippen LogP contribution < -0.4 is 0 Å². The monoisotopic (exact) mass is 856 g/mol. The van der Waals surface area contributed by atoms with E-state index in [4.69, 9.17) is 0 Å². The molecule has 2 aliphatic heterocycles. The van der Waals surface area contributed by atoms with Crippen molar-refractivity contribution in [3.8, 4) is 34.5 Å². The number of rotatable bonds is 4. The highest BCUT2D eigenvalue weighted by molar-refractivity contribution is 5.78. The van der Waals surface area contributed by atoms with Gasteiger partial charge in [-0.05, 0) is 26.7 Å². The number of alkyl halides is 6. The van der Waals surface area contributed by atoms with E-state index < -0.39 is 163 Å². The number of hydrogen-bond donors (Lipinski definition) is 15. The highest BCUT2D eigenvalue weighted by Crippen LogP contribution is 2.57. The fourth-order valence-corrected chi connectivity index (χ4v) is 7.16. The average Bonchev–Trinajstić information content (AvgIpc) is 3.03. The number of aromatic hydroxyl groups is 6. The first kappa shape index (κ1) is 45.8. The van der Waals surface area contributed by atoms with Crippen molar-refractivity contribution in [3.63, 3.8) is 0 Å². The minimum Gasteiger partial charge on any atom is -0.507 e. The zero-order valence-corrected chi connectivity index (χ0v) is 29.7. The number of nitrogens with zero attached hydrogens (tertiary/aromatic N) is 4. The first-order chi connectivity index (χ1) is 25.9. The van der Waals surface area contributed by atoms with E-state index >= 15 is 0 Å². The van der Waals surface area contributed by atoms with E-state index in [1.54, 1.807) is 0 Å². The van der Waals surface area contributed by atoms with E-state index in [9.17, 15) is 117 Å². The van der Waals surface area contributed by atoms with Gasteiger partial charge in [-0.2, -0.15) is 35.6 Å². The summed E-state index contributed by atoms with van der Waals surface area (Å²) in [5.74, 6) is -34.5. The molecule has 2 aliphatic rings. The lowest BCUT2D eigenvalue weighted by molar-refractivity contribution is -0.604. The van der Waals surface area contributed by atoms with Crippen LogP contribution in [0.3, 0.4) is 0 Å². The molecule has 326 valence electrons. The number of piperazine rings is 1. The highest BCUT2D eigenvalue weighted by atomic mass is 19.4. The number of urea groups is 1. The van der Waals surface area contributed by atoms with Gasteiger partial charge in [0.15, 0.2) is 23.0 Å². The molecule has 15 N–H and O–H groups in total. The Labute approximate surface area is 317 Å². The number of piperidine rings is 1. The van der Waals surface area contributed by atoms with Gasteiger partial charge in [-0.3, -0.25) is 9.69 Å². The van der Waals surface area contributed by atoms with Crippen molar-refractivity contribution in [1.29, 1.82) is 0 Å². The Balaban J connectivity index is 1.97. The van der Waals surface area contributed by atoms with Crippen molar-refractivity contribution >= 4 is 11.9 Å². The zero-order valence-electron chi connectivity index (χ0n) is 29.7. The highest BCUT2D eigenvalue weighted by Gasteiger charge is 2.79. The average molecular weight is 857 g/mol. The third kappa shape index (κ3) is 6.35. The summed E-state index contributed by atoms with van der Waals surface area (Å²) in [6, 6.07) is -6.35. The predicted molar refractivity (Wildman–Crippen MR) is 166 cm³/mol. The molecule has 0 saturated carbocycles. The summed E-state index contributed by atoms with van der Waals surface area (Å²) in [6.07, 6.45) is -14.4. The SMILES string of the molecule is CC(=O)N1C(O)(O)C(O)(O)N(C2CCN(C(=O)N(C)C(C)(O)c3c(O)c(C(F)(F)F)c(O)c(C(F)(F)F)c3O)C(c3c(C)c(O)c(F)c(O)c3O)C2)C(O)(O)C1(O)O. The third-order valence-electron chi connectivity index (χ3n) is 10.1. The quantitative estimate of drug-likeness (QED) is 0.0723. The van der Waals surface area contributed by atoms with Gasteiger partial charge in [0, 0.05) is 37.7 Å². The van der Waals surface area contributed by atoms with Crippen LogP contribution in [0.1, 0.15) is 60.5 Å². The van der Waals surface area contributed by atoms with Crippen LogP contribution in [0.15, 0.2) is 0 Å². The van der Waals surface area contributed by atoms with Crippen LogP contribution in [0.4, 0.5) is 35.5 Å². The smallest absolute Gasteiger partial charge is 0.423 e. The summed E-state index contributed by atoms with van der Waals surface area (Å²) < 4.78 is 98.0. The molecule has 2 heterocycles. The van der Waals surface area contributed by atoms with Crippen molar-refractivity contribution < 1.29 is 117 Å². The second-order valence-electron chi connectivity index (χ2n) is 13.6. The van der Waals surface area contributed by atoms with Crippen LogP contribution in [0.5, 0.6) is 34.5 Å². The molecule has 2 fully saturated rings. The number of hydrogen-bond acceptors (Lipinski definition) is 18. The van der Waals surface area contributed by atoms with Crippen molar-refractivity contribution in [2.75, 3.05) is 13.6 Å². The maximum atomic E-state index is 14.6. The lowest BCUT2D eigenvalue weighted by Crippen LogP contribution is -2.92. The molecule has 2 aromatic carbocycles. The molecule has 2 aromatic rings. The van der Waals surface area contributed by atoms with Gasteiger partial charge in [-0.15, -0.1) is 0 Å². The Bertz CT molecular complexity index is 1940. The molecule has 0 radical (unpaired) electrons. The molecule has 3 amide bonds. The number of halogens is 7. The van der Waals surface area contributed by atoms with Crippen LogP contribution in [0, 0.1) is 12.7 Å². The Kier molecular flexibility index (Phi) is 10.7. The van der Waals surface area contributed by atoms with Gasteiger partial charge >= 0.3 is 42.0 Å². The maximum absolute atomic E-state index is 14.6. The van der Waals surface area contributed by atoms with Crippen molar-refractivity contribution in [3.05, 3.63) is 33.6 Å². The Morgan fingerprint density at radius 3 is 1.52 bits per heavy atom. The third-order valence-corrected chi connectivity index (χ3v) is 10.1. The van der Waals surface area contributed by atoms with E-state index in [0.29, 0.717) is 18.9 Å². The van der Waals surface area contributed by atoms with E-state index in [0.717, 1.165) is 6.92 Å². The molecule has 3 atom stereocenters. The van der Waals surface area contributed by atoms with Gasteiger partial charge in [0.1, 0.15) is 28.4 Å². The summed E-state index contributed by atoms with van der Waals surface area (Å²) in [5, 5.41) is 160. The zero-order chi connectivity index (χ0) is 45.2. The van der Waals surface area contributed by atoms with Gasteiger partial charge in [-0.1, -0.05) is 0 Å². The fraction of sp³-hybridized carbons (Fsp3) is 0.533. The maximum Gasteiger partial charge on any atom is 0.423 e. The normalized spacial score (nSPS) is 23.0. The predicted octanol–water partition coefficient (Wildman–Crippen LogP) is -1.45. The molecule has 28 heteroatoms. The molecule has 21 nitrogen and oxygen atoms in total. The minimum absolute atomic E-state index is 0.155. The van der Waals surface area contributed by atoms with Crippen molar-refractivity contribution in [2.24, 2.45) is 0 Å². The number of likely N-dealkylation sites (tertiary alicyclic amines) is 1. The second kappa shape index (κ2) is 13.6. The lowest BCUT2D eigenvalue weighted by Gasteiger charge is -2.62. The summed E-state index contributed by atoms with van der Waals surface area (Å²) in [4.78, 5) is 24.9. The van der Waals surface area contributed by atoms with Crippen LogP contribution in [0.25, 0.3) is 0 Å². The van der Waals surface area contributed by atoms with Gasteiger partial charge in [-0.25, -0.2) is 9.69 Å². The molecular formula is C30H35F7N4O17. The molecule has 2 saturated heterocycles. The Morgan fingerprint density at radius 2 is 1.12 bits per heavy atom. The number of benzene rings is 2. The summed E-state index contributed by atoms with van der Waals surface area (Å²) >= 11 is 0. The van der Waals surface area contributed by atoms with Crippen LogP contribution in [0.2, 0.25) is 0 Å². The van der Waals surface area contributed by atoms with Crippen molar-refractivity contribution in [2.45, 2.75) is 87.4 Å². The molecule has 58 heavy (non-hydrogen) atoms. The van der Waals surface area contributed by atoms with Gasteiger partial charge < -0.3 is 81.5 Å². The van der Waals surface area contributed by atoms with E-state index in [2.05, 4.69) is 0 Å². The standard InChI is InChI=1S/C30H35F7N4O17/c1-8-12(18(44)22(48)16(31)17(8)43)11-7-10(41-29(55,56)27(51,52)40(9(2)42)28(53,54)30(41,57)58)5-6-39(11)23(49)38(4)24(3,50)13-19(45)14(25(32,33)34)21(47)15(20(13)46)26(35,36)37/h10-11,43-48,50-58H,5-7H2,1-4H3. The number of phenols is 6. The largest absolute Gasteiger partial charge is 0.507 e. The number of carbonyl (C=O) groups is 2. The number of amides is 3. The van der Waals surface area contributed by atoms with E-state index in [-0.39, 0.29) is 11.8 Å². The van der Waals surface area contributed by atoms with Crippen LogP contribution >= 0.6 is 0 Å². The number of carbonyl (C=O) groups excluding carboxylic acids is 2. The van der Waals surface area contributed by atoms with E-state index in [1.165, 1.54) is 0 Å². The molecule has 4 rings (SSSR count). The molecule has 0 bridgehead atoms. The fourth-order valence-electron chi connectivity index (χ4n) is 7.16.